The Morgan fingerprint density at radius 1 is 0.957 bits per heavy atom. The molecule has 2 amide bonds. The van der Waals surface area contributed by atoms with Crippen LogP contribution in [0, 0.1) is 0 Å². The largest absolute Gasteiger partial charge is 0.469 e. The second kappa shape index (κ2) is 7.64. The maximum absolute atomic E-state index is 12.2. The van der Waals surface area contributed by atoms with Gasteiger partial charge in [-0.15, -0.1) is 0 Å². The molecule has 0 spiro atoms. The van der Waals surface area contributed by atoms with Gasteiger partial charge in [-0.3, -0.25) is 14.5 Å². The van der Waals surface area contributed by atoms with E-state index in [1.807, 2.05) is 21.9 Å². The zero-order valence-corrected chi connectivity index (χ0v) is 13.6. The molecule has 0 aromatic carbocycles. The summed E-state index contributed by atoms with van der Waals surface area (Å²) in [6.45, 7) is 5.30. The number of carbonyl (C=O) groups is 2. The quantitative estimate of drug-likeness (QED) is 0.812. The molecule has 2 fully saturated rings. The fourth-order valence-electron chi connectivity index (χ4n) is 3.26. The van der Waals surface area contributed by atoms with Gasteiger partial charge in [0.15, 0.2) is 0 Å². The number of piperazine rings is 1. The summed E-state index contributed by atoms with van der Waals surface area (Å²) < 4.78 is 5.26. The van der Waals surface area contributed by atoms with Crippen LogP contribution in [0.3, 0.4) is 0 Å². The maximum atomic E-state index is 12.2. The Morgan fingerprint density at radius 2 is 1.65 bits per heavy atom. The molecule has 2 aliphatic rings. The molecule has 0 saturated carbocycles. The Balaban J connectivity index is 1.37. The van der Waals surface area contributed by atoms with Gasteiger partial charge in [0, 0.05) is 52.1 Å². The average Bonchev–Trinajstić information content (AvgIpc) is 3.26. The highest BCUT2D eigenvalue weighted by atomic mass is 16.3. The van der Waals surface area contributed by atoms with Crippen LogP contribution in [0.5, 0.6) is 0 Å². The highest BCUT2D eigenvalue weighted by molar-refractivity contribution is 5.79. The Hall–Kier alpha value is -1.82. The molecule has 3 rings (SSSR count). The normalized spacial score (nSPS) is 19.3. The summed E-state index contributed by atoms with van der Waals surface area (Å²) in [6.07, 6.45) is 5.03. The molecule has 2 saturated heterocycles. The first-order valence-corrected chi connectivity index (χ1v) is 8.52. The first kappa shape index (κ1) is 16.1. The molecule has 2 aliphatic heterocycles. The van der Waals surface area contributed by atoms with Crippen LogP contribution in [0.15, 0.2) is 22.8 Å². The van der Waals surface area contributed by atoms with Gasteiger partial charge in [0.25, 0.3) is 0 Å². The molecule has 0 radical (unpaired) electrons. The van der Waals surface area contributed by atoms with Crippen LogP contribution in [0.1, 0.15) is 25.0 Å². The van der Waals surface area contributed by atoms with Crippen molar-refractivity contribution in [3.8, 4) is 0 Å². The highest BCUT2D eigenvalue weighted by Crippen LogP contribution is 2.11. The van der Waals surface area contributed by atoms with Crippen molar-refractivity contribution in [1.29, 1.82) is 0 Å². The summed E-state index contributed by atoms with van der Waals surface area (Å²) in [4.78, 5) is 30.4. The summed E-state index contributed by atoms with van der Waals surface area (Å²) in [5.74, 6) is 1.26. The lowest BCUT2D eigenvalue weighted by molar-refractivity contribution is -0.134. The van der Waals surface area contributed by atoms with Crippen molar-refractivity contribution < 1.29 is 14.0 Å². The van der Waals surface area contributed by atoms with Crippen molar-refractivity contribution in [3.63, 3.8) is 0 Å². The number of likely N-dealkylation sites (tertiary alicyclic amines) is 1. The first-order valence-electron chi connectivity index (χ1n) is 8.52. The smallest absolute Gasteiger partial charge is 0.236 e. The van der Waals surface area contributed by atoms with Crippen LogP contribution in [0.25, 0.3) is 0 Å². The molecule has 0 atom stereocenters. The molecule has 0 unspecified atom stereocenters. The lowest BCUT2D eigenvalue weighted by Crippen LogP contribution is -2.51. The minimum absolute atomic E-state index is 0.173. The van der Waals surface area contributed by atoms with E-state index in [4.69, 9.17) is 4.42 Å². The fourth-order valence-corrected chi connectivity index (χ4v) is 3.26. The zero-order valence-electron chi connectivity index (χ0n) is 13.6. The summed E-state index contributed by atoms with van der Waals surface area (Å²) in [5, 5.41) is 0. The van der Waals surface area contributed by atoms with E-state index in [-0.39, 0.29) is 11.8 Å². The van der Waals surface area contributed by atoms with E-state index in [1.165, 1.54) is 0 Å². The third-order valence-electron chi connectivity index (χ3n) is 4.71. The number of hydrogen-bond donors (Lipinski definition) is 0. The Kier molecular flexibility index (Phi) is 5.33. The Bertz CT molecular complexity index is 515. The molecule has 0 N–H and O–H groups in total. The van der Waals surface area contributed by atoms with Gasteiger partial charge in [-0.2, -0.15) is 0 Å². The average molecular weight is 319 g/mol. The van der Waals surface area contributed by atoms with Crippen molar-refractivity contribution in [3.05, 3.63) is 24.2 Å². The number of aryl methyl sites for hydroxylation is 1. The molecule has 0 bridgehead atoms. The van der Waals surface area contributed by atoms with Crippen molar-refractivity contribution >= 4 is 11.8 Å². The zero-order chi connectivity index (χ0) is 16.1. The SMILES string of the molecule is O=C(CCc1ccco1)N1CCN(CC(=O)N2CCCC2)CC1. The minimum Gasteiger partial charge on any atom is -0.469 e. The van der Waals surface area contributed by atoms with Gasteiger partial charge in [-0.25, -0.2) is 0 Å². The fraction of sp³-hybridized carbons (Fsp3) is 0.647. The van der Waals surface area contributed by atoms with Crippen molar-refractivity contribution in [2.45, 2.75) is 25.7 Å². The molecule has 23 heavy (non-hydrogen) atoms. The number of amides is 2. The maximum Gasteiger partial charge on any atom is 0.236 e. The van der Waals surface area contributed by atoms with E-state index in [9.17, 15) is 9.59 Å². The minimum atomic E-state index is 0.173. The van der Waals surface area contributed by atoms with Crippen molar-refractivity contribution in [2.75, 3.05) is 45.8 Å². The topological polar surface area (TPSA) is 57.0 Å². The molecule has 1 aromatic heterocycles. The van der Waals surface area contributed by atoms with E-state index in [1.54, 1.807) is 6.26 Å². The molecular weight excluding hydrogens is 294 g/mol. The van der Waals surface area contributed by atoms with Crippen molar-refractivity contribution in [1.82, 2.24) is 14.7 Å². The van der Waals surface area contributed by atoms with Gasteiger partial charge in [0.2, 0.25) is 11.8 Å². The third kappa shape index (κ3) is 4.34. The number of hydrogen-bond acceptors (Lipinski definition) is 4. The number of rotatable bonds is 5. The predicted molar refractivity (Wildman–Crippen MR) is 85.9 cm³/mol. The van der Waals surface area contributed by atoms with E-state index >= 15 is 0 Å². The standard InChI is InChI=1S/C17H25N3O3/c21-16(6-5-15-4-3-13-23-15)20-11-9-18(10-12-20)14-17(22)19-7-1-2-8-19/h3-4,13H,1-2,5-12,14H2. The van der Waals surface area contributed by atoms with Gasteiger partial charge < -0.3 is 14.2 Å². The predicted octanol–water partition coefficient (Wildman–Crippen LogP) is 0.979. The lowest BCUT2D eigenvalue weighted by atomic mass is 10.2. The second-order valence-electron chi connectivity index (χ2n) is 6.32. The van der Waals surface area contributed by atoms with Crippen LogP contribution in [0.4, 0.5) is 0 Å². The van der Waals surface area contributed by atoms with Gasteiger partial charge in [0.1, 0.15) is 5.76 Å². The summed E-state index contributed by atoms with van der Waals surface area (Å²) in [5.41, 5.74) is 0. The van der Waals surface area contributed by atoms with Gasteiger partial charge in [-0.05, 0) is 25.0 Å². The van der Waals surface area contributed by atoms with Crippen LogP contribution in [-0.4, -0.2) is 72.3 Å². The van der Waals surface area contributed by atoms with Gasteiger partial charge in [0.05, 0.1) is 12.8 Å². The molecule has 6 nitrogen and oxygen atoms in total. The lowest BCUT2D eigenvalue weighted by Gasteiger charge is -2.35. The van der Waals surface area contributed by atoms with Crippen LogP contribution in [0.2, 0.25) is 0 Å². The third-order valence-corrected chi connectivity index (χ3v) is 4.71. The number of nitrogens with zero attached hydrogens (tertiary/aromatic N) is 3. The van der Waals surface area contributed by atoms with Crippen LogP contribution in [-0.2, 0) is 16.0 Å². The molecule has 3 heterocycles. The summed E-state index contributed by atoms with van der Waals surface area (Å²) in [6, 6.07) is 3.74. The number of furan rings is 1. The van der Waals surface area contributed by atoms with E-state index < -0.39 is 0 Å². The molecule has 1 aromatic rings. The molecule has 6 heteroatoms. The van der Waals surface area contributed by atoms with E-state index in [2.05, 4.69) is 4.90 Å². The number of carbonyl (C=O) groups excluding carboxylic acids is 2. The Labute approximate surface area is 137 Å². The van der Waals surface area contributed by atoms with Crippen LogP contribution < -0.4 is 0 Å². The Morgan fingerprint density at radius 3 is 2.30 bits per heavy atom. The second-order valence-corrected chi connectivity index (χ2v) is 6.32. The molecule has 126 valence electrons. The van der Waals surface area contributed by atoms with Gasteiger partial charge >= 0.3 is 0 Å². The van der Waals surface area contributed by atoms with Crippen molar-refractivity contribution in [2.24, 2.45) is 0 Å². The first-order chi connectivity index (χ1) is 11.2. The monoisotopic (exact) mass is 319 g/mol. The molecule has 0 aliphatic carbocycles. The summed E-state index contributed by atoms with van der Waals surface area (Å²) >= 11 is 0. The highest BCUT2D eigenvalue weighted by Gasteiger charge is 2.25. The van der Waals surface area contributed by atoms with E-state index in [0.717, 1.165) is 44.8 Å². The van der Waals surface area contributed by atoms with Gasteiger partial charge in [-0.1, -0.05) is 0 Å². The van der Waals surface area contributed by atoms with E-state index in [0.29, 0.717) is 32.5 Å². The summed E-state index contributed by atoms with van der Waals surface area (Å²) in [7, 11) is 0. The van der Waals surface area contributed by atoms with Crippen LogP contribution >= 0.6 is 0 Å². The molecular formula is C17H25N3O3.